The number of hydrogen-bond donors (Lipinski definition) is 0. The van der Waals surface area contributed by atoms with Gasteiger partial charge in [-0.25, -0.2) is 4.98 Å². The average Bonchev–Trinajstić information content (AvgIpc) is 2.72. The number of esters is 1. The van der Waals surface area contributed by atoms with Gasteiger partial charge in [0.15, 0.2) is 0 Å². The Morgan fingerprint density at radius 2 is 1.16 bits per heavy atom. The molecule has 0 saturated heterocycles. The van der Waals surface area contributed by atoms with Crippen LogP contribution in [0.1, 0.15) is 16.7 Å². The third kappa shape index (κ3) is 5.42. The molecule has 0 atom stereocenters. The second-order valence-corrected chi connectivity index (χ2v) is 6.65. The van der Waals surface area contributed by atoms with Crippen LogP contribution >= 0.6 is 0 Å². The summed E-state index contributed by atoms with van der Waals surface area (Å²) in [5.74, 6) is -0.553. The first kappa shape index (κ1) is 22.3. The van der Waals surface area contributed by atoms with Gasteiger partial charge < -0.3 is 4.74 Å². The normalized spacial score (nSPS) is 12.0. The molecule has 0 amide bonds. The Labute approximate surface area is 173 Å². The fraction of sp³-hybridized carbons (Fsp3) is 0.182. The molecular formula is C22H15F6NO2. The van der Waals surface area contributed by atoms with Gasteiger partial charge in [0.05, 0.1) is 36.0 Å². The van der Waals surface area contributed by atoms with Gasteiger partial charge in [-0.05, 0) is 42.0 Å². The van der Waals surface area contributed by atoms with Crippen LogP contribution in [-0.2, 0) is 28.3 Å². The molecule has 31 heavy (non-hydrogen) atoms. The molecule has 0 aliphatic heterocycles. The van der Waals surface area contributed by atoms with Crippen molar-refractivity contribution in [1.29, 1.82) is 0 Å². The molecule has 0 aliphatic carbocycles. The Morgan fingerprint density at radius 3 is 1.48 bits per heavy atom. The molecule has 0 bridgehead atoms. The molecule has 3 rings (SSSR count). The van der Waals surface area contributed by atoms with E-state index in [-0.39, 0.29) is 17.8 Å². The number of halogens is 6. The zero-order valence-corrected chi connectivity index (χ0v) is 16.0. The highest BCUT2D eigenvalue weighted by molar-refractivity contribution is 5.75. The van der Waals surface area contributed by atoms with Crippen LogP contribution in [0.3, 0.4) is 0 Å². The third-order valence-electron chi connectivity index (χ3n) is 4.48. The molecule has 1 heterocycles. The lowest BCUT2D eigenvalue weighted by atomic mass is 10.0. The monoisotopic (exact) mass is 439 g/mol. The number of aromatic nitrogens is 1. The Hall–Kier alpha value is -3.36. The molecule has 0 radical (unpaired) electrons. The van der Waals surface area contributed by atoms with Gasteiger partial charge in [-0.2, -0.15) is 26.3 Å². The average molecular weight is 439 g/mol. The first-order valence-corrected chi connectivity index (χ1v) is 8.90. The molecule has 1 aromatic heterocycles. The maximum atomic E-state index is 12.8. The molecule has 3 aromatic rings. The SMILES string of the molecule is COC(=O)Cc1cc(-c2ccc(C(F)(F)F)cc2)nc(-c2ccc(C(F)(F)F)cc2)c1. The number of hydrogen-bond acceptors (Lipinski definition) is 3. The van der Waals surface area contributed by atoms with Gasteiger partial charge in [-0.1, -0.05) is 24.3 Å². The van der Waals surface area contributed by atoms with E-state index in [0.717, 1.165) is 24.3 Å². The van der Waals surface area contributed by atoms with Crippen molar-refractivity contribution in [1.82, 2.24) is 4.98 Å². The largest absolute Gasteiger partial charge is 0.469 e. The zero-order valence-electron chi connectivity index (χ0n) is 16.0. The Morgan fingerprint density at radius 1 is 0.774 bits per heavy atom. The van der Waals surface area contributed by atoms with E-state index in [0.29, 0.717) is 16.7 Å². The standard InChI is InChI=1S/C22H15F6NO2/c1-31-20(30)12-13-10-18(14-2-6-16(7-3-14)21(23,24)25)29-19(11-13)15-4-8-17(9-5-15)22(26,27)28/h2-11H,12H2,1H3. The van der Waals surface area contributed by atoms with Crippen molar-refractivity contribution in [3.63, 3.8) is 0 Å². The number of pyridine rings is 1. The summed E-state index contributed by atoms with van der Waals surface area (Å²) in [5.41, 5.74) is 0.0392. The van der Waals surface area contributed by atoms with Crippen LogP contribution in [0.15, 0.2) is 60.7 Å². The second kappa shape index (κ2) is 8.41. The van der Waals surface area contributed by atoms with E-state index in [9.17, 15) is 31.1 Å². The van der Waals surface area contributed by atoms with Gasteiger partial charge in [0.25, 0.3) is 0 Å². The minimum atomic E-state index is -4.50. The molecule has 9 heteroatoms. The highest BCUT2D eigenvalue weighted by Gasteiger charge is 2.31. The maximum absolute atomic E-state index is 12.8. The minimum Gasteiger partial charge on any atom is -0.469 e. The van der Waals surface area contributed by atoms with Crippen LogP contribution in [0.5, 0.6) is 0 Å². The number of ether oxygens (including phenoxy) is 1. The maximum Gasteiger partial charge on any atom is 0.416 e. The summed E-state index contributed by atoms with van der Waals surface area (Å²) < 4.78 is 81.6. The molecule has 0 aliphatic rings. The van der Waals surface area contributed by atoms with E-state index < -0.39 is 29.4 Å². The molecule has 0 N–H and O–H groups in total. The first-order chi connectivity index (χ1) is 14.5. The van der Waals surface area contributed by atoms with Crippen molar-refractivity contribution in [2.45, 2.75) is 18.8 Å². The van der Waals surface area contributed by atoms with Gasteiger partial charge in [-0.15, -0.1) is 0 Å². The van der Waals surface area contributed by atoms with Gasteiger partial charge >= 0.3 is 18.3 Å². The molecular weight excluding hydrogens is 424 g/mol. The zero-order chi connectivity index (χ0) is 22.8. The lowest BCUT2D eigenvalue weighted by Crippen LogP contribution is -2.06. The lowest BCUT2D eigenvalue weighted by molar-refractivity contribution is -0.140. The van der Waals surface area contributed by atoms with E-state index in [2.05, 4.69) is 9.72 Å². The van der Waals surface area contributed by atoms with Crippen LogP contribution < -0.4 is 0 Å². The van der Waals surface area contributed by atoms with Gasteiger partial charge in [-0.3, -0.25) is 4.79 Å². The molecule has 0 saturated carbocycles. The number of nitrogens with zero attached hydrogens (tertiary/aromatic N) is 1. The summed E-state index contributed by atoms with van der Waals surface area (Å²) >= 11 is 0. The van der Waals surface area contributed by atoms with Crippen molar-refractivity contribution in [3.05, 3.63) is 77.4 Å². The van der Waals surface area contributed by atoms with Crippen molar-refractivity contribution < 1.29 is 35.9 Å². The summed E-state index contributed by atoms with van der Waals surface area (Å²) in [6.07, 6.45) is -9.13. The van der Waals surface area contributed by atoms with E-state index >= 15 is 0 Å². The number of benzene rings is 2. The molecule has 0 unspecified atom stereocenters. The van der Waals surface area contributed by atoms with Crippen LogP contribution in [0.2, 0.25) is 0 Å². The smallest absolute Gasteiger partial charge is 0.416 e. The van der Waals surface area contributed by atoms with E-state index in [1.54, 1.807) is 0 Å². The predicted molar refractivity (Wildman–Crippen MR) is 101 cm³/mol. The lowest BCUT2D eigenvalue weighted by Gasteiger charge is -2.12. The molecule has 2 aromatic carbocycles. The van der Waals surface area contributed by atoms with Crippen LogP contribution in [-0.4, -0.2) is 18.1 Å². The van der Waals surface area contributed by atoms with Crippen molar-refractivity contribution in [2.24, 2.45) is 0 Å². The second-order valence-electron chi connectivity index (χ2n) is 6.65. The van der Waals surface area contributed by atoms with Crippen molar-refractivity contribution in [2.75, 3.05) is 7.11 Å². The number of rotatable bonds is 4. The molecule has 3 nitrogen and oxygen atoms in total. The van der Waals surface area contributed by atoms with E-state index in [4.69, 9.17) is 0 Å². The summed E-state index contributed by atoms with van der Waals surface area (Å²) in [5, 5.41) is 0. The Kier molecular flexibility index (Phi) is 6.06. The molecule has 0 spiro atoms. The Bertz CT molecular complexity index is 995. The van der Waals surface area contributed by atoms with Crippen molar-refractivity contribution in [3.8, 4) is 22.5 Å². The summed E-state index contributed by atoms with van der Waals surface area (Å²) in [4.78, 5) is 16.1. The van der Waals surface area contributed by atoms with Crippen molar-refractivity contribution >= 4 is 5.97 Å². The molecule has 0 fully saturated rings. The van der Waals surface area contributed by atoms with Gasteiger partial charge in [0.2, 0.25) is 0 Å². The van der Waals surface area contributed by atoms with Gasteiger partial charge in [0, 0.05) is 11.1 Å². The van der Waals surface area contributed by atoms with Gasteiger partial charge in [0.1, 0.15) is 0 Å². The predicted octanol–water partition coefficient (Wildman–Crippen LogP) is 6.17. The number of carbonyl (C=O) groups excluding carboxylic acids is 1. The highest BCUT2D eigenvalue weighted by Crippen LogP contribution is 2.33. The minimum absolute atomic E-state index is 0.139. The quantitative estimate of drug-likeness (QED) is 0.361. The fourth-order valence-corrected chi connectivity index (χ4v) is 2.88. The topological polar surface area (TPSA) is 39.2 Å². The van der Waals surface area contributed by atoms with Crippen LogP contribution in [0.4, 0.5) is 26.3 Å². The number of alkyl halides is 6. The summed E-state index contributed by atoms with van der Waals surface area (Å²) in [6, 6.07) is 11.6. The number of methoxy groups -OCH3 is 1. The van der Waals surface area contributed by atoms with E-state index in [1.807, 2.05) is 0 Å². The summed E-state index contributed by atoms with van der Waals surface area (Å²) in [6.45, 7) is 0. The highest BCUT2D eigenvalue weighted by atomic mass is 19.4. The van der Waals surface area contributed by atoms with Crippen LogP contribution in [0.25, 0.3) is 22.5 Å². The summed E-state index contributed by atoms with van der Waals surface area (Å²) in [7, 11) is 1.21. The van der Waals surface area contributed by atoms with E-state index in [1.165, 1.54) is 43.5 Å². The van der Waals surface area contributed by atoms with Crippen LogP contribution in [0, 0.1) is 0 Å². The fourth-order valence-electron chi connectivity index (χ4n) is 2.88. The Balaban J connectivity index is 2.05. The molecule has 162 valence electrons. The first-order valence-electron chi connectivity index (χ1n) is 8.90. The number of carbonyl (C=O) groups is 1. The third-order valence-corrected chi connectivity index (χ3v) is 4.48.